The van der Waals surface area contributed by atoms with E-state index < -0.39 is 42.0 Å². The van der Waals surface area contributed by atoms with Crippen molar-refractivity contribution >= 4 is 23.8 Å². The molecule has 0 aromatic heterocycles. The lowest BCUT2D eigenvalue weighted by Crippen LogP contribution is -2.45. The van der Waals surface area contributed by atoms with E-state index in [2.05, 4.69) is 10.6 Å². The van der Waals surface area contributed by atoms with E-state index >= 15 is 0 Å². The van der Waals surface area contributed by atoms with E-state index in [1.54, 1.807) is 12.1 Å². The molecule has 10 heteroatoms. The minimum Gasteiger partial charge on any atom is -0.508 e. The maximum Gasteiger partial charge on any atom is 0.326 e. The molecule has 0 spiro atoms. The van der Waals surface area contributed by atoms with Crippen LogP contribution in [0.3, 0.4) is 0 Å². The summed E-state index contributed by atoms with van der Waals surface area (Å²) in [4.78, 5) is 45.8. The predicted molar refractivity (Wildman–Crippen MR) is 94.5 cm³/mol. The van der Waals surface area contributed by atoms with Gasteiger partial charge in [0.05, 0.1) is 0 Å². The highest BCUT2D eigenvalue weighted by Gasteiger charge is 2.50. The molecule has 0 saturated carbocycles. The third kappa shape index (κ3) is 6.54. The van der Waals surface area contributed by atoms with Crippen molar-refractivity contribution in [3.8, 4) is 5.75 Å². The van der Waals surface area contributed by atoms with Gasteiger partial charge in [0, 0.05) is 19.4 Å². The zero-order valence-corrected chi connectivity index (χ0v) is 15.0. The Labute approximate surface area is 160 Å². The van der Waals surface area contributed by atoms with Gasteiger partial charge in [0.2, 0.25) is 0 Å². The summed E-state index contributed by atoms with van der Waals surface area (Å²) in [6, 6.07) is 4.71. The molecule has 0 radical (unpaired) electrons. The molecule has 0 unspecified atom stereocenters. The summed E-state index contributed by atoms with van der Waals surface area (Å²) in [5.41, 5.74) is 0.609. The number of epoxide rings is 1. The predicted octanol–water partition coefficient (Wildman–Crippen LogP) is -0.357. The number of rotatable bonds is 11. The van der Waals surface area contributed by atoms with Crippen molar-refractivity contribution in [2.24, 2.45) is 0 Å². The van der Waals surface area contributed by atoms with Crippen molar-refractivity contribution in [2.45, 2.75) is 43.9 Å². The van der Waals surface area contributed by atoms with Gasteiger partial charge in [-0.3, -0.25) is 14.4 Å². The van der Waals surface area contributed by atoms with Gasteiger partial charge in [0.1, 0.15) is 11.8 Å². The largest absolute Gasteiger partial charge is 0.508 e. The first-order valence-corrected chi connectivity index (χ1v) is 8.74. The van der Waals surface area contributed by atoms with Crippen LogP contribution in [0.2, 0.25) is 0 Å². The second-order valence-electron chi connectivity index (χ2n) is 6.39. The van der Waals surface area contributed by atoms with Crippen LogP contribution in [0.15, 0.2) is 24.3 Å². The average Bonchev–Trinajstić information content (AvgIpc) is 3.43. The number of carbonyl (C=O) groups is 4. The number of carboxylic acid groups (broad SMARTS) is 2. The van der Waals surface area contributed by atoms with Crippen LogP contribution in [-0.2, 0) is 30.3 Å². The van der Waals surface area contributed by atoms with Crippen LogP contribution >= 0.6 is 0 Å². The molecule has 28 heavy (non-hydrogen) atoms. The van der Waals surface area contributed by atoms with Crippen molar-refractivity contribution in [2.75, 3.05) is 6.54 Å². The van der Waals surface area contributed by atoms with Crippen LogP contribution in [0.1, 0.15) is 24.8 Å². The molecule has 1 aromatic carbocycles. The van der Waals surface area contributed by atoms with Crippen LogP contribution in [0.4, 0.5) is 0 Å². The number of amides is 2. The number of hydrogen-bond acceptors (Lipinski definition) is 6. The summed E-state index contributed by atoms with van der Waals surface area (Å²) in [5, 5.41) is 32.0. The first kappa shape index (κ1) is 21.2. The minimum absolute atomic E-state index is 0.00845. The van der Waals surface area contributed by atoms with Gasteiger partial charge in [-0.2, -0.15) is 0 Å². The lowest BCUT2D eigenvalue weighted by atomic mass is 10.1. The maximum absolute atomic E-state index is 12.1. The number of aliphatic carboxylic acids is 2. The number of phenolic OH excluding ortho intramolecular Hbond substituents is 1. The summed E-state index contributed by atoms with van der Waals surface area (Å²) in [5.74, 6) is -3.30. The first-order chi connectivity index (χ1) is 13.3. The molecule has 1 aromatic rings. The Morgan fingerprint density at radius 3 is 2.25 bits per heavy atom. The first-order valence-electron chi connectivity index (χ1n) is 8.74. The average molecular weight is 394 g/mol. The second kappa shape index (κ2) is 9.70. The van der Waals surface area contributed by atoms with Gasteiger partial charge in [0.25, 0.3) is 11.8 Å². The quantitative estimate of drug-likeness (QED) is 0.251. The van der Waals surface area contributed by atoms with Crippen molar-refractivity contribution in [1.29, 1.82) is 0 Å². The van der Waals surface area contributed by atoms with Crippen molar-refractivity contribution in [1.82, 2.24) is 10.6 Å². The molecule has 1 fully saturated rings. The van der Waals surface area contributed by atoms with E-state index in [0.29, 0.717) is 18.4 Å². The Bertz CT molecular complexity index is 734. The summed E-state index contributed by atoms with van der Waals surface area (Å²) in [6.45, 7) is 0.263. The molecule has 2 rings (SSSR count). The van der Waals surface area contributed by atoms with Gasteiger partial charge in [-0.15, -0.1) is 0 Å². The fourth-order valence-corrected chi connectivity index (χ4v) is 2.55. The van der Waals surface area contributed by atoms with Crippen molar-refractivity contribution < 1.29 is 39.2 Å². The summed E-state index contributed by atoms with van der Waals surface area (Å²) >= 11 is 0. The molecule has 5 N–H and O–H groups in total. The lowest BCUT2D eigenvalue weighted by molar-refractivity contribution is -0.142. The normalized spacial score (nSPS) is 18.7. The molecule has 1 aliphatic rings. The Balaban J connectivity index is 1.76. The standard InChI is InChI=1S/C18H22N2O8/c21-11-6-4-10(5-7-11)9-12(18(26)27)20-17(25)15-14(28-15)16(24)19-8-2-1-3-13(22)23/h4-7,12,14-15,21H,1-3,8-9H2,(H,19,24)(H,20,25)(H,22,23)(H,26,27)/t12-,14-,15-/m0/s1. The number of unbranched alkanes of at least 4 members (excludes halogenated alkanes) is 1. The second-order valence-corrected chi connectivity index (χ2v) is 6.39. The van der Waals surface area contributed by atoms with Crippen LogP contribution < -0.4 is 10.6 Å². The third-order valence-electron chi connectivity index (χ3n) is 4.12. The van der Waals surface area contributed by atoms with Gasteiger partial charge in [-0.25, -0.2) is 4.79 Å². The van der Waals surface area contributed by atoms with Gasteiger partial charge in [0.15, 0.2) is 12.2 Å². The number of carbonyl (C=O) groups excluding carboxylic acids is 2. The zero-order valence-electron chi connectivity index (χ0n) is 15.0. The monoisotopic (exact) mass is 394 g/mol. The van der Waals surface area contributed by atoms with Crippen molar-refractivity contribution in [3.05, 3.63) is 29.8 Å². The fraction of sp³-hybridized carbons (Fsp3) is 0.444. The molecular formula is C18H22N2O8. The van der Waals surface area contributed by atoms with Gasteiger partial charge < -0.3 is 30.7 Å². The number of ether oxygens (including phenoxy) is 1. The van der Waals surface area contributed by atoms with Crippen LogP contribution in [0, 0.1) is 0 Å². The fourth-order valence-electron chi connectivity index (χ4n) is 2.55. The Morgan fingerprint density at radius 1 is 1.00 bits per heavy atom. The van der Waals surface area contributed by atoms with E-state index in [1.165, 1.54) is 12.1 Å². The summed E-state index contributed by atoms with van der Waals surface area (Å²) < 4.78 is 5.04. The minimum atomic E-state index is -1.23. The van der Waals surface area contributed by atoms with Crippen molar-refractivity contribution in [3.63, 3.8) is 0 Å². The zero-order chi connectivity index (χ0) is 20.7. The lowest BCUT2D eigenvalue weighted by Gasteiger charge is -2.14. The molecule has 1 saturated heterocycles. The Kier molecular flexibility index (Phi) is 7.33. The Hall–Kier alpha value is -3.14. The van der Waals surface area contributed by atoms with Gasteiger partial charge in [-0.05, 0) is 30.5 Å². The van der Waals surface area contributed by atoms with E-state index in [4.69, 9.17) is 9.84 Å². The Morgan fingerprint density at radius 2 is 1.64 bits per heavy atom. The number of nitrogens with one attached hydrogen (secondary N) is 2. The maximum atomic E-state index is 12.1. The topological polar surface area (TPSA) is 166 Å². The molecule has 10 nitrogen and oxygen atoms in total. The van der Waals surface area contributed by atoms with Crippen LogP contribution in [0.25, 0.3) is 0 Å². The number of hydrogen-bond donors (Lipinski definition) is 5. The highest BCUT2D eigenvalue weighted by molar-refractivity contribution is 5.96. The molecule has 1 aliphatic heterocycles. The van der Waals surface area contributed by atoms with E-state index in [9.17, 15) is 29.4 Å². The SMILES string of the molecule is O=C(O)CCCCNC(=O)[C@H]1O[C@@H]1C(=O)N[C@@H](Cc1ccc(O)cc1)C(=O)O. The molecule has 2 amide bonds. The van der Waals surface area contributed by atoms with Gasteiger partial charge in [-0.1, -0.05) is 12.1 Å². The number of benzene rings is 1. The smallest absolute Gasteiger partial charge is 0.326 e. The van der Waals surface area contributed by atoms with Crippen LogP contribution in [0.5, 0.6) is 5.75 Å². The number of aromatic hydroxyl groups is 1. The van der Waals surface area contributed by atoms with E-state index in [0.717, 1.165) is 0 Å². The third-order valence-corrected chi connectivity index (χ3v) is 4.12. The summed E-state index contributed by atoms with van der Waals surface area (Å²) in [7, 11) is 0. The number of carboxylic acids is 2. The van der Waals surface area contributed by atoms with Gasteiger partial charge >= 0.3 is 11.9 Å². The highest BCUT2D eigenvalue weighted by atomic mass is 16.6. The molecule has 0 aliphatic carbocycles. The molecular weight excluding hydrogens is 372 g/mol. The molecule has 152 valence electrons. The summed E-state index contributed by atoms with van der Waals surface area (Å²) in [6.07, 6.45) is -1.12. The molecule has 1 heterocycles. The molecule has 0 bridgehead atoms. The van der Waals surface area contributed by atoms with E-state index in [1.807, 2.05) is 0 Å². The highest BCUT2D eigenvalue weighted by Crippen LogP contribution is 2.23. The molecule has 3 atom stereocenters. The van der Waals surface area contributed by atoms with Crippen LogP contribution in [-0.4, -0.2) is 63.9 Å². The van der Waals surface area contributed by atoms with E-state index in [-0.39, 0.29) is 25.1 Å². The number of phenols is 1.